The molecule has 4 heteroatoms. The van der Waals surface area contributed by atoms with Crippen molar-refractivity contribution in [2.24, 2.45) is 0 Å². The zero-order chi connectivity index (χ0) is 14.7. The van der Waals surface area contributed by atoms with Crippen LogP contribution in [0.5, 0.6) is 0 Å². The average molecular weight is 301 g/mol. The van der Waals surface area contributed by atoms with E-state index in [-0.39, 0.29) is 0 Å². The minimum absolute atomic E-state index is 0.718. The number of benzene rings is 1. The van der Waals surface area contributed by atoms with Gasteiger partial charge in [0.1, 0.15) is 5.82 Å². The maximum Gasteiger partial charge on any atom is 0.136 e. The number of nitrogens with one attached hydrogen (secondary N) is 1. The third-order valence-electron chi connectivity index (χ3n) is 3.91. The van der Waals surface area contributed by atoms with Gasteiger partial charge in [-0.3, -0.25) is 0 Å². The van der Waals surface area contributed by atoms with Crippen LogP contribution in [-0.4, -0.2) is 36.6 Å². The normalized spacial score (nSPS) is 14.6. The lowest BCUT2D eigenvalue weighted by Crippen LogP contribution is -2.23. The van der Waals surface area contributed by atoms with Gasteiger partial charge in [0.15, 0.2) is 0 Å². The van der Waals surface area contributed by atoms with Crippen LogP contribution in [-0.2, 0) is 6.54 Å². The molecule has 1 aliphatic carbocycles. The van der Waals surface area contributed by atoms with E-state index in [4.69, 9.17) is 4.98 Å². The van der Waals surface area contributed by atoms with E-state index in [0.29, 0.717) is 0 Å². The topological polar surface area (TPSA) is 28.2 Å². The van der Waals surface area contributed by atoms with Gasteiger partial charge in [0, 0.05) is 37.3 Å². The first kappa shape index (κ1) is 14.7. The second-order valence-electron chi connectivity index (χ2n) is 5.73. The highest BCUT2D eigenvalue weighted by molar-refractivity contribution is 7.98. The Kier molecular flexibility index (Phi) is 4.66. The molecule has 1 saturated carbocycles. The fraction of sp³-hybridized carbons (Fsp3) is 0.471. The van der Waals surface area contributed by atoms with E-state index in [1.807, 2.05) is 11.8 Å². The molecule has 21 heavy (non-hydrogen) atoms. The van der Waals surface area contributed by atoms with Gasteiger partial charge >= 0.3 is 0 Å². The highest BCUT2D eigenvalue weighted by Gasteiger charge is 2.20. The lowest BCUT2D eigenvalue weighted by Gasteiger charge is -2.20. The van der Waals surface area contributed by atoms with Crippen molar-refractivity contribution in [2.75, 3.05) is 30.5 Å². The Hall–Kier alpha value is -1.26. The molecule has 1 aromatic carbocycles. The summed E-state index contributed by atoms with van der Waals surface area (Å²) in [6.07, 6.45) is 4.78. The van der Waals surface area contributed by atoms with Crippen molar-refractivity contribution in [3.8, 4) is 0 Å². The van der Waals surface area contributed by atoms with Crippen LogP contribution in [0.2, 0.25) is 0 Å². The summed E-state index contributed by atoms with van der Waals surface area (Å²) in [5, 5.41) is 6.09. The molecule has 3 nitrogen and oxygen atoms in total. The van der Waals surface area contributed by atoms with Crippen LogP contribution in [0.4, 0.5) is 5.82 Å². The lowest BCUT2D eigenvalue weighted by atomic mass is 10.1. The van der Waals surface area contributed by atoms with Crippen LogP contribution < -0.4 is 10.2 Å². The standard InChI is InChI=1S/C17H23N3S/c1-20(9-10-21-2)17-16-6-4-3-5-13(16)11-15(19-17)12-18-14-7-8-14/h3-6,11,14,18H,7-10,12H2,1-2H3. The van der Waals surface area contributed by atoms with Gasteiger partial charge in [0.05, 0.1) is 5.69 Å². The zero-order valence-electron chi connectivity index (χ0n) is 12.8. The minimum atomic E-state index is 0.718. The maximum atomic E-state index is 4.91. The van der Waals surface area contributed by atoms with Gasteiger partial charge in [-0.05, 0) is 30.6 Å². The first-order valence-electron chi connectivity index (χ1n) is 7.60. The Morgan fingerprint density at radius 1 is 1.33 bits per heavy atom. The first-order chi connectivity index (χ1) is 10.3. The van der Waals surface area contributed by atoms with E-state index in [1.165, 1.54) is 23.6 Å². The lowest BCUT2D eigenvalue weighted by molar-refractivity contribution is 0.674. The predicted octanol–water partition coefficient (Wildman–Crippen LogP) is 3.29. The molecule has 0 saturated heterocycles. The van der Waals surface area contributed by atoms with Gasteiger partial charge in [-0.25, -0.2) is 4.98 Å². The molecule has 3 rings (SSSR count). The first-order valence-corrected chi connectivity index (χ1v) is 8.99. The number of pyridine rings is 1. The fourth-order valence-corrected chi connectivity index (χ4v) is 2.94. The monoisotopic (exact) mass is 301 g/mol. The van der Waals surface area contributed by atoms with Gasteiger partial charge in [-0.2, -0.15) is 11.8 Å². The Labute approximate surface area is 131 Å². The van der Waals surface area contributed by atoms with Crippen molar-refractivity contribution in [3.05, 3.63) is 36.0 Å². The SMILES string of the molecule is CSCCN(C)c1nc(CNC2CC2)cc2ccccc12. The average Bonchev–Trinajstić information content (AvgIpc) is 3.34. The number of rotatable bonds is 7. The van der Waals surface area contributed by atoms with Crippen LogP contribution in [0, 0.1) is 0 Å². The van der Waals surface area contributed by atoms with Crippen molar-refractivity contribution < 1.29 is 0 Å². The number of hydrogen-bond donors (Lipinski definition) is 1. The highest BCUT2D eigenvalue weighted by atomic mass is 32.2. The number of nitrogens with zero attached hydrogens (tertiary/aromatic N) is 2. The quantitative estimate of drug-likeness (QED) is 0.849. The molecule has 1 N–H and O–H groups in total. The van der Waals surface area contributed by atoms with E-state index in [9.17, 15) is 0 Å². The summed E-state index contributed by atoms with van der Waals surface area (Å²) < 4.78 is 0. The molecule has 0 radical (unpaired) electrons. The summed E-state index contributed by atoms with van der Waals surface area (Å²) in [7, 11) is 2.14. The number of aromatic nitrogens is 1. The zero-order valence-corrected chi connectivity index (χ0v) is 13.6. The Morgan fingerprint density at radius 3 is 2.90 bits per heavy atom. The summed E-state index contributed by atoms with van der Waals surface area (Å²) in [5.41, 5.74) is 1.15. The minimum Gasteiger partial charge on any atom is -0.358 e. The van der Waals surface area contributed by atoms with E-state index in [2.05, 4.69) is 53.9 Å². The molecule has 1 aromatic heterocycles. The molecule has 1 heterocycles. The van der Waals surface area contributed by atoms with Crippen LogP contribution in [0.15, 0.2) is 30.3 Å². The van der Waals surface area contributed by atoms with E-state index >= 15 is 0 Å². The maximum absolute atomic E-state index is 4.91. The van der Waals surface area contributed by atoms with Crippen molar-refractivity contribution in [2.45, 2.75) is 25.4 Å². The Bertz CT molecular complexity index is 610. The second-order valence-corrected chi connectivity index (χ2v) is 6.71. The van der Waals surface area contributed by atoms with Crippen molar-refractivity contribution >= 4 is 28.4 Å². The largest absolute Gasteiger partial charge is 0.358 e. The highest BCUT2D eigenvalue weighted by Crippen LogP contribution is 2.26. The molecular weight excluding hydrogens is 278 g/mol. The Balaban J connectivity index is 1.89. The van der Waals surface area contributed by atoms with Crippen molar-refractivity contribution in [1.82, 2.24) is 10.3 Å². The second kappa shape index (κ2) is 6.67. The number of hydrogen-bond acceptors (Lipinski definition) is 4. The predicted molar refractivity (Wildman–Crippen MR) is 93.3 cm³/mol. The molecule has 1 fully saturated rings. The summed E-state index contributed by atoms with van der Waals surface area (Å²) >= 11 is 1.87. The number of fused-ring (bicyclic) bond motifs is 1. The Morgan fingerprint density at radius 2 is 2.14 bits per heavy atom. The third kappa shape index (κ3) is 3.69. The molecule has 0 spiro atoms. The fourth-order valence-electron chi connectivity index (χ4n) is 2.49. The van der Waals surface area contributed by atoms with Crippen LogP contribution in [0.3, 0.4) is 0 Å². The smallest absolute Gasteiger partial charge is 0.136 e. The van der Waals surface area contributed by atoms with Crippen LogP contribution in [0.25, 0.3) is 10.8 Å². The third-order valence-corrected chi connectivity index (χ3v) is 4.51. The van der Waals surface area contributed by atoms with Gasteiger partial charge in [-0.1, -0.05) is 24.3 Å². The summed E-state index contributed by atoms with van der Waals surface area (Å²) in [6.45, 7) is 1.90. The number of thioether (sulfide) groups is 1. The molecule has 0 unspecified atom stereocenters. The van der Waals surface area contributed by atoms with E-state index < -0.39 is 0 Å². The number of anilines is 1. The molecule has 0 aliphatic heterocycles. The summed E-state index contributed by atoms with van der Waals surface area (Å²) in [6, 6.07) is 11.5. The van der Waals surface area contributed by atoms with Crippen LogP contribution in [0.1, 0.15) is 18.5 Å². The van der Waals surface area contributed by atoms with Gasteiger partial charge < -0.3 is 10.2 Å². The molecule has 0 atom stereocenters. The van der Waals surface area contributed by atoms with Gasteiger partial charge in [-0.15, -0.1) is 0 Å². The van der Waals surface area contributed by atoms with Crippen molar-refractivity contribution in [3.63, 3.8) is 0 Å². The molecule has 2 aromatic rings. The summed E-state index contributed by atoms with van der Waals surface area (Å²) in [5.74, 6) is 2.23. The molecular formula is C17H23N3S. The molecule has 0 amide bonds. The van der Waals surface area contributed by atoms with E-state index in [0.717, 1.165) is 36.4 Å². The molecule has 1 aliphatic rings. The van der Waals surface area contributed by atoms with Crippen LogP contribution >= 0.6 is 11.8 Å². The molecule has 0 bridgehead atoms. The van der Waals surface area contributed by atoms with Gasteiger partial charge in [0.2, 0.25) is 0 Å². The molecule has 112 valence electrons. The van der Waals surface area contributed by atoms with Crippen molar-refractivity contribution in [1.29, 1.82) is 0 Å². The van der Waals surface area contributed by atoms with Gasteiger partial charge in [0.25, 0.3) is 0 Å². The summed E-state index contributed by atoms with van der Waals surface area (Å²) in [4.78, 5) is 7.18. The van der Waals surface area contributed by atoms with E-state index in [1.54, 1.807) is 0 Å².